The summed E-state index contributed by atoms with van der Waals surface area (Å²) >= 11 is 0. The van der Waals surface area contributed by atoms with E-state index in [0.29, 0.717) is 11.8 Å². The summed E-state index contributed by atoms with van der Waals surface area (Å²) in [5.74, 6) is 1.28. The fourth-order valence-electron chi connectivity index (χ4n) is 5.19. The summed E-state index contributed by atoms with van der Waals surface area (Å²) in [6, 6.07) is 0. The molecular formula is C26H47NO. The van der Waals surface area contributed by atoms with Gasteiger partial charge in [-0.2, -0.15) is 0 Å². The van der Waals surface area contributed by atoms with Gasteiger partial charge in [0, 0.05) is 6.54 Å². The van der Waals surface area contributed by atoms with E-state index >= 15 is 0 Å². The van der Waals surface area contributed by atoms with Crippen LogP contribution in [-0.2, 0) is 4.79 Å². The Morgan fingerprint density at radius 2 is 1.79 bits per heavy atom. The molecule has 1 saturated carbocycles. The van der Waals surface area contributed by atoms with Gasteiger partial charge in [-0.25, -0.2) is 0 Å². The molecule has 1 rings (SSSR count). The Morgan fingerprint density at radius 1 is 1.14 bits per heavy atom. The molecule has 0 heterocycles. The highest BCUT2D eigenvalue weighted by atomic mass is 16.2. The first-order valence-corrected chi connectivity index (χ1v) is 11.8. The Bertz CT molecular complexity index is 521. The molecule has 0 aromatic rings. The molecule has 2 heteroatoms. The summed E-state index contributed by atoms with van der Waals surface area (Å²) < 4.78 is 0. The lowest BCUT2D eigenvalue weighted by atomic mass is 9.52. The molecule has 1 unspecified atom stereocenters. The Labute approximate surface area is 175 Å². The third-order valence-electron chi connectivity index (χ3n) is 7.15. The van der Waals surface area contributed by atoms with Crippen molar-refractivity contribution in [2.75, 3.05) is 6.54 Å². The number of unbranched alkanes of at least 4 members (excludes halogenated alkanes) is 4. The van der Waals surface area contributed by atoms with Crippen LogP contribution in [0.2, 0.25) is 0 Å². The lowest BCUT2D eigenvalue weighted by Gasteiger charge is -2.52. The van der Waals surface area contributed by atoms with E-state index in [4.69, 9.17) is 0 Å². The molecule has 0 radical (unpaired) electrons. The van der Waals surface area contributed by atoms with E-state index in [9.17, 15) is 4.79 Å². The molecule has 0 spiro atoms. The highest BCUT2D eigenvalue weighted by Gasteiger charge is 2.52. The number of carbonyl (C=O) groups excluding carboxylic acids is 1. The Morgan fingerprint density at radius 3 is 2.39 bits per heavy atom. The zero-order valence-corrected chi connectivity index (χ0v) is 19.7. The van der Waals surface area contributed by atoms with Gasteiger partial charge in [0.05, 0.1) is 5.41 Å². The minimum atomic E-state index is -0.296. The third kappa shape index (κ3) is 6.49. The monoisotopic (exact) mass is 389 g/mol. The lowest BCUT2D eigenvalue weighted by molar-refractivity contribution is -0.140. The molecule has 1 aliphatic rings. The van der Waals surface area contributed by atoms with Crippen molar-refractivity contribution in [3.8, 4) is 0 Å². The van der Waals surface area contributed by atoms with Gasteiger partial charge in [-0.05, 0) is 55.4 Å². The lowest BCUT2D eigenvalue weighted by Crippen LogP contribution is -2.52. The summed E-state index contributed by atoms with van der Waals surface area (Å²) in [7, 11) is 0. The van der Waals surface area contributed by atoms with Crippen LogP contribution in [0.15, 0.2) is 24.3 Å². The van der Waals surface area contributed by atoms with E-state index < -0.39 is 0 Å². The summed E-state index contributed by atoms with van der Waals surface area (Å²) in [4.78, 5) is 13.4. The van der Waals surface area contributed by atoms with E-state index in [2.05, 4.69) is 65.6 Å². The SMILES string of the molecule is C=C(/C=C\C)[C@]1(C)CCC[C@](C)(C(=O)NCCCCCCC)C1CCC(C)C. The van der Waals surface area contributed by atoms with Crippen molar-refractivity contribution in [2.24, 2.45) is 22.7 Å². The fraction of sp³-hybridized carbons (Fsp3) is 0.808. The molecule has 1 N–H and O–H groups in total. The maximum Gasteiger partial charge on any atom is 0.226 e. The van der Waals surface area contributed by atoms with Crippen LogP contribution in [0.25, 0.3) is 0 Å². The fourth-order valence-corrected chi connectivity index (χ4v) is 5.19. The Balaban J connectivity index is 2.93. The van der Waals surface area contributed by atoms with E-state index in [1.54, 1.807) is 0 Å². The molecular weight excluding hydrogens is 342 g/mol. The van der Waals surface area contributed by atoms with Crippen molar-refractivity contribution in [3.05, 3.63) is 24.3 Å². The van der Waals surface area contributed by atoms with Crippen LogP contribution in [0.5, 0.6) is 0 Å². The van der Waals surface area contributed by atoms with Gasteiger partial charge in [0.25, 0.3) is 0 Å². The Kier molecular flexibility index (Phi) is 10.6. The van der Waals surface area contributed by atoms with Crippen LogP contribution in [0.3, 0.4) is 0 Å². The van der Waals surface area contributed by atoms with Crippen LogP contribution in [0.4, 0.5) is 0 Å². The van der Waals surface area contributed by atoms with E-state index in [1.807, 2.05) is 0 Å². The predicted octanol–water partition coefficient (Wildman–Crippen LogP) is 7.45. The molecule has 2 nitrogen and oxygen atoms in total. The van der Waals surface area contributed by atoms with Gasteiger partial charge in [0.15, 0.2) is 0 Å². The second-order valence-corrected chi connectivity index (χ2v) is 9.91. The van der Waals surface area contributed by atoms with Crippen molar-refractivity contribution in [1.29, 1.82) is 0 Å². The summed E-state index contributed by atoms with van der Waals surface area (Å²) in [5.41, 5.74) is 0.907. The van der Waals surface area contributed by atoms with Gasteiger partial charge in [-0.15, -0.1) is 0 Å². The molecule has 0 aromatic carbocycles. The number of rotatable bonds is 12. The van der Waals surface area contributed by atoms with Crippen LogP contribution < -0.4 is 5.32 Å². The third-order valence-corrected chi connectivity index (χ3v) is 7.15. The number of carbonyl (C=O) groups is 1. The summed E-state index contributed by atoms with van der Waals surface area (Å²) in [6.45, 7) is 18.7. The molecule has 1 amide bonds. The molecule has 1 aliphatic carbocycles. The predicted molar refractivity (Wildman–Crippen MR) is 123 cm³/mol. The zero-order chi connectivity index (χ0) is 21.2. The van der Waals surface area contributed by atoms with Gasteiger partial charge in [0.2, 0.25) is 5.91 Å². The maximum atomic E-state index is 13.4. The van der Waals surface area contributed by atoms with Gasteiger partial charge >= 0.3 is 0 Å². The number of hydrogen-bond acceptors (Lipinski definition) is 1. The highest BCUT2D eigenvalue weighted by molar-refractivity contribution is 5.83. The van der Waals surface area contributed by atoms with Crippen molar-refractivity contribution in [1.82, 2.24) is 5.32 Å². The van der Waals surface area contributed by atoms with Gasteiger partial charge in [-0.3, -0.25) is 4.79 Å². The van der Waals surface area contributed by atoms with Crippen LogP contribution in [-0.4, -0.2) is 12.5 Å². The first-order valence-electron chi connectivity index (χ1n) is 11.8. The topological polar surface area (TPSA) is 29.1 Å². The number of nitrogens with one attached hydrogen (secondary N) is 1. The normalized spacial score (nSPS) is 28.0. The maximum absolute atomic E-state index is 13.4. The largest absolute Gasteiger partial charge is 0.356 e. The van der Waals surface area contributed by atoms with Gasteiger partial charge in [0.1, 0.15) is 0 Å². The molecule has 0 aromatic heterocycles. The first kappa shape index (κ1) is 25.0. The molecule has 162 valence electrons. The first-order chi connectivity index (χ1) is 13.2. The van der Waals surface area contributed by atoms with E-state index in [0.717, 1.165) is 38.6 Å². The van der Waals surface area contributed by atoms with Crippen molar-refractivity contribution >= 4 is 5.91 Å². The van der Waals surface area contributed by atoms with E-state index in [1.165, 1.54) is 37.7 Å². The highest BCUT2D eigenvalue weighted by Crippen LogP contribution is 2.56. The molecule has 0 bridgehead atoms. The average Bonchev–Trinajstić information content (AvgIpc) is 2.63. The minimum absolute atomic E-state index is 0.00681. The molecule has 1 fully saturated rings. The number of hydrogen-bond donors (Lipinski definition) is 1. The number of amides is 1. The smallest absolute Gasteiger partial charge is 0.226 e. The molecule has 28 heavy (non-hydrogen) atoms. The number of allylic oxidation sites excluding steroid dienone is 3. The standard InChI is InChI=1S/C26H47NO/c1-8-10-11-12-13-20-27-24(28)26(7)19-14-18-25(6,22(5)15-9-2)23(26)17-16-21(3)4/h9,15,21,23H,5,8,10-14,16-20H2,1-4,6-7H3,(H,27,28)/b15-9-/t23?,25-,26-/m0/s1. The van der Waals surface area contributed by atoms with Crippen LogP contribution >= 0.6 is 0 Å². The van der Waals surface area contributed by atoms with Gasteiger partial charge < -0.3 is 5.32 Å². The van der Waals surface area contributed by atoms with Gasteiger partial charge in [-0.1, -0.05) is 91.9 Å². The van der Waals surface area contributed by atoms with Crippen molar-refractivity contribution < 1.29 is 4.79 Å². The molecule has 0 saturated heterocycles. The second-order valence-electron chi connectivity index (χ2n) is 9.91. The van der Waals surface area contributed by atoms with Crippen LogP contribution in [0.1, 0.15) is 106 Å². The van der Waals surface area contributed by atoms with Crippen LogP contribution in [0, 0.1) is 22.7 Å². The quantitative estimate of drug-likeness (QED) is 0.272. The van der Waals surface area contributed by atoms with Crippen molar-refractivity contribution in [2.45, 2.75) is 106 Å². The van der Waals surface area contributed by atoms with E-state index in [-0.39, 0.29) is 16.7 Å². The zero-order valence-electron chi connectivity index (χ0n) is 19.7. The summed E-state index contributed by atoms with van der Waals surface area (Å²) in [5, 5.41) is 3.31. The Hall–Kier alpha value is -1.05. The minimum Gasteiger partial charge on any atom is -0.356 e. The van der Waals surface area contributed by atoms with Crippen molar-refractivity contribution in [3.63, 3.8) is 0 Å². The summed E-state index contributed by atoms with van der Waals surface area (Å²) in [6.07, 6.45) is 15.9. The molecule has 0 aliphatic heterocycles. The molecule has 3 atom stereocenters. The second kappa shape index (κ2) is 11.8. The average molecular weight is 390 g/mol.